The molecule has 1 unspecified atom stereocenters. The fourth-order valence-corrected chi connectivity index (χ4v) is 2.26. The van der Waals surface area contributed by atoms with Gasteiger partial charge in [-0.1, -0.05) is 6.07 Å². The number of hydrogen-bond acceptors (Lipinski definition) is 5. The SMILES string of the molecule is O=C(CC(CO)Cc1ccc(O)cc1O)Nc1ccc(O)cc1. The maximum Gasteiger partial charge on any atom is 0.224 e. The quantitative estimate of drug-likeness (QED) is 0.523. The van der Waals surface area contributed by atoms with E-state index in [4.69, 9.17) is 0 Å². The minimum absolute atomic E-state index is 0.0446. The molecule has 0 fully saturated rings. The van der Waals surface area contributed by atoms with E-state index in [1.807, 2.05) is 0 Å². The summed E-state index contributed by atoms with van der Waals surface area (Å²) in [6.45, 7) is -0.205. The molecule has 23 heavy (non-hydrogen) atoms. The van der Waals surface area contributed by atoms with Crippen LogP contribution in [0.5, 0.6) is 17.2 Å². The van der Waals surface area contributed by atoms with Crippen LogP contribution in [0.4, 0.5) is 5.69 Å². The molecule has 2 rings (SSSR count). The molecule has 6 heteroatoms. The lowest BCUT2D eigenvalue weighted by atomic mass is 9.96. The van der Waals surface area contributed by atoms with Gasteiger partial charge in [-0.3, -0.25) is 4.79 Å². The first-order valence-corrected chi connectivity index (χ1v) is 7.18. The van der Waals surface area contributed by atoms with E-state index >= 15 is 0 Å². The molecule has 5 N–H and O–H groups in total. The van der Waals surface area contributed by atoms with Gasteiger partial charge >= 0.3 is 0 Å². The molecule has 0 heterocycles. The number of phenolic OH excluding ortho intramolecular Hbond substituents is 3. The van der Waals surface area contributed by atoms with Gasteiger partial charge in [0.05, 0.1) is 0 Å². The number of amides is 1. The van der Waals surface area contributed by atoms with Gasteiger partial charge in [-0.25, -0.2) is 0 Å². The smallest absolute Gasteiger partial charge is 0.224 e. The summed E-state index contributed by atoms with van der Waals surface area (Å²) < 4.78 is 0. The van der Waals surface area contributed by atoms with E-state index in [1.54, 1.807) is 18.2 Å². The molecule has 0 saturated carbocycles. The molecule has 0 saturated heterocycles. The lowest BCUT2D eigenvalue weighted by molar-refractivity contribution is -0.117. The van der Waals surface area contributed by atoms with Crippen molar-refractivity contribution in [2.75, 3.05) is 11.9 Å². The van der Waals surface area contributed by atoms with Crippen LogP contribution in [-0.4, -0.2) is 32.9 Å². The Balaban J connectivity index is 1.95. The van der Waals surface area contributed by atoms with Crippen molar-refractivity contribution in [2.45, 2.75) is 12.8 Å². The summed E-state index contributed by atoms with van der Waals surface area (Å²) in [7, 11) is 0. The summed E-state index contributed by atoms with van der Waals surface area (Å²) in [5.74, 6) is -0.631. The monoisotopic (exact) mass is 317 g/mol. The molecule has 0 aromatic heterocycles. The highest BCUT2D eigenvalue weighted by Crippen LogP contribution is 2.26. The summed E-state index contributed by atoms with van der Waals surface area (Å²) in [6.07, 6.45) is 0.392. The van der Waals surface area contributed by atoms with E-state index in [2.05, 4.69) is 5.32 Å². The number of aliphatic hydroxyl groups is 1. The van der Waals surface area contributed by atoms with Crippen molar-refractivity contribution in [2.24, 2.45) is 5.92 Å². The van der Waals surface area contributed by atoms with Crippen molar-refractivity contribution >= 4 is 11.6 Å². The molecule has 0 bridgehead atoms. The van der Waals surface area contributed by atoms with Gasteiger partial charge in [-0.2, -0.15) is 0 Å². The van der Waals surface area contributed by atoms with Crippen LogP contribution in [0.1, 0.15) is 12.0 Å². The maximum absolute atomic E-state index is 12.0. The highest BCUT2D eigenvalue weighted by Gasteiger charge is 2.16. The lowest BCUT2D eigenvalue weighted by Crippen LogP contribution is -2.20. The number of rotatable bonds is 6. The normalized spacial score (nSPS) is 11.9. The molecule has 2 aromatic carbocycles. The number of nitrogens with one attached hydrogen (secondary N) is 1. The molecule has 6 nitrogen and oxygen atoms in total. The number of anilines is 1. The van der Waals surface area contributed by atoms with Crippen LogP contribution < -0.4 is 5.32 Å². The average Bonchev–Trinajstić information content (AvgIpc) is 2.51. The number of aliphatic hydroxyl groups excluding tert-OH is 1. The van der Waals surface area contributed by atoms with Crippen molar-refractivity contribution in [1.82, 2.24) is 0 Å². The van der Waals surface area contributed by atoms with E-state index in [0.717, 1.165) is 0 Å². The summed E-state index contributed by atoms with van der Waals surface area (Å²) in [6, 6.07) is 10.3. The predicted octanol–water partition coefficient (Wildman–Crippen LogP) is 1.98. The third kappa shape index (κ3) is 4.89. The average molecular weight is 317 g/mol. The van der Waals surface area contributed by atoms with Crippen LogP contribution in [0.15, 0.2) is 42.5 Å². The molecule has 1 atom stereocenters. The first-order chi connectivity index (χ1) is 11.0. The number of carbonyl (C=O) groups excluding carboxylic acids is 1. The standard InChI is InChI=1S/C17H19NO5/c19-10-11(7-12-1-4-15(21)9-16(12)22)8-17(23)18-13-2-5-14(20)6-3-13/h1-6,9,11,19-22H,7-8,10H2,(H,18,23). The fourth-order valence-electron chi connectivity index (χ4n) is 2.26. The van der Waals surface area contributed by atoms with Gasteiger partial charge < -0.3 is 25.7 Å². The minimum Gasteiger partial charge on any atom is -0.508 e. The second-order valence-corrected chi connectivity index (χ2v) is 5.36. The topological polar surface area (TPSA) is 110 Å². The summed E-state index contributed by atoms with van der Waals surface area (Å²) in [4.78, 5) is 12.0. The van der Waals surface area contributed by atoms with Gasteiger partial charge in [0.25, 0.3) is 0 Å². The Kier molecular flexibility index (Phi) is 5.43. The molecular weight excluding hydrogens is 298 g/mol. The van der Waals surface area contributed by atoms with Gasteiger partial charge in [0.1, 0.15) is 17.2 Å². The molecule has 122 valence electrons. The van der Waals surface area contributed by atoms with Crippen molar-refractivity contribution in [3.05, 3.63) is 48.0 Å². The van der Waals surface area contributed by atoms with E-state index in [1.165, 1.54) is 24.3 Å². The van der Waals surface area contributed by atoms with E-state index in [-0.39, 0.29) is 42.1 Å². The molecule has 0 aliphatic carbocycles. The van der Waals surface area contributed by atoms with Gasteiger partial charge in [0, 0.05) is 24.8 Å². The predicted molar refractivity (Wildman–Crippen MR) is 85.4 cm³/mol. The van der Waals surface area contributed by atoms with Crippen molar-refractivity contribution < 1.29 is 25.2 Å². The number of hydrogen-bond donors (Lipinski definition) is 5. The summed E-state index contributed by atoms with van der Waals surface area (Å²) in [5.41, 5.74) is 1.11. The zero-order valence-corrected chi connectivity index (χ0v) is 12.4. The Morgan fingerprint density at radius 3 is 2.26 bits per heavy atom. The van der Waals surface area contributed by atoms with E-state index in [9.17, 15) is 25.2 Å². The fraction of sp³-hybridized carbons (Fsp3) is 0.235. The van der Waals surface area contributed by atoms with Crippen molar-refractivity contribution in [3.8, 4) is 17.2 Å². The highest BCUT2D eigenvalue weighted by atomic mass is 16.3. The first-order valence-electron chi connectivity index (χ1n) is 7.18. The zero-order chi connectivity index (χ0) is 16.8. The van der Waals surface area contributed by atoms with Crippen molar-refractivity contribution in [3.63, 3.8) is 0 Å². The van der Waals surface area contributed by atoms with Crippen LogP contribution in [0.25, 0.3) is 0 Å². The van der Waals surface area contributed by atoms with Gasteiger partial charge in [-0.05, 0) is 48.2 Å². The van der Waals surface area contributed by atoms with Crippen LogP contribution in [-0.2, 0) is 11.2 Å². The van der Waals surface area contributed by atoms with Gasteiger partial charge in [-0.15, -0.1) is 0 Å². The Hall–Kier alpha value is -2.73. The van der Waals surface area contributed by atoms with Gasteiger partial charge in [0.2, 0.25) is 5.91 Å². The lowest BCUT2D eigenvalue weighted by Gasteiger charge is -2.15. The van der Waals surface area contributed by atoms with Crippen LogP contribution >= 0.6 is 0 Å². The van der Waals surface area contributed by atoms with E-state index in [0.29, 0.717) is 17.7 Å². The second-order valence-electron chi connectivity index (χ2n) is 5.36. The molecule has 0 aliphatic rings. The molecule has 2 aromatic rings. The largest absolute Gasteiger partial charge is 0.508 e. The number of benzene rings is 2. The van der Waals surface area contributed by atoms with Crippen LogP contribution in [0.2, 0.25) is 0 Å². The van der Waals surface area contributed by atoms with Crippen LogP contribution in [0, 0.1) is 5.92 Å². The Morgan fingerprint density at radius 2 is 1.65 bits per heavy atom. The third-order valence-corrected chi connectivity index (χ3v) is 3.46. The molecule has 0 aliphatic heterocycles. The number of aromatic hydroxyl groups is 3. The van der Waals surface area contributed by atoms with Crippen molar-refractivity contribution in [1.29, 1.82) is 0 Å². The Labute approximate surface area is 133 Å². The molecular formula is C17H19NO5. The van der Waals surface area contributed by atoms with E-state index < -0.39 is 0 Å². The Morgan fingerprint density at radius 1 is 1.00 bits per heavy atom. The first kappa shape index (κ1) is 16.6. The molecule has 0 spiro atoms. The number of phenols is 3. The molecule has 0 radical (unpaired) electrons. The summed E-state index contributed by atoms with van der Waals surface area (Å²) >= 11 is 0. The Bertz CT molecular complexity index is 669. The van der Waals surface area contributed by atoms with Gasteiger partial charge in [0.15, 0.2) is 0 Å². The zero-order valence-electron chi connectivity index (χ0n) is 12.4. The third-order valence-electron chi connectivity index (χ3n) is 3.46. The maximum atomic E-state index is 12.0. The highest BCUT2D eigenvalue weighted by molar-refractivity contribution is 5.90. The number of carbonyl (C=O) groups is 1. The molecule has 1 amide bonds. The minimum atomic E-state index is -0.359. The summed E-state index contributed by atoms with van der Waals surface area (Å²) in [5, 5.41) is 40.3. The second kappa shape index (κ2) is 7.51. The van der Waals surface area contributed by atoms with Crippen LogP contribution in [0.3, 0.4) is 0 Å².